The SMILES string of the molecule is CC12C=NC=CC1COC2. The Balaban J connectivity index is 2.30. The highest BCUT2D eigenvalue weighted by Crippen LogP contribution is 2.34. The minimum Gasteiger partial charge on any atom is -0.380 e. The van der Waals surface area contributed by atoms with Crippen LogP contribution in [0.3, 0.4) is 0 Å². The van der Waals surface area contributed by atoms with Crippen molar-refractivity contribution in [3.63, 3.8) is 0 Å². The van der Waals surface area contributed by atoms with Crippen LogP contribution in [0.15, 0.2) is 17.3 Å². The summed E-state index contributed by atoms with van der Waals surface area (Å²) in [6.07, 6.45) is 6.00. The summed E-state index contributed by atoms with van der Waals surface area (Å²) in [6, 6.07) is 0. The molecular formula is C8H11NO. The fourth-order valence-electron chi connectivity index (χ4n) is 1.48. The van der Waals surface area contributed by atoms with Gasteiger partial charge in [0.25, 0.3) is 0 Å². The maximum absolute atomic E-state index is 5.35. The van der Waals surface area contributed by atoms with Gasteiger partial charge in [-0.05, 0) is 0 Å². The Morgan fingerprint density at radius 2 is 2.60 bits per heavy atom. The predicted octanol–water partition coefficient (Wildman–Crippen LogP) is 1.24. The van der Waals surface area contributed by atoms with Gasteiger partial charge < -0.3 is 4.74 Å². The molecule has 2 heterocycles. The molecule has 2 heteroatoms. The van der Waals surface area contributed by atoms with Gasteiger partial charge in [0, 0.05) is 23.7 Å². The van der Waals surface area contributed by atoms with Crippen molar-refractivity contribution in [1.29, 1.82) is 0 Å². The number of nitrogens with zero attached hydrogens (tertiary/aromatic N) is 1. The van der Waals surface area contributed by atoms with E-state index in [-0.39, 0.29) is 5.41 Å². The Morgan fingerprint density at radius 1 is 1.70 bits per heavy atom. The van der Waals surface area contributed by atoms with Crippen molar-refractivity contribution in [3.8, 4) is 0 Å². The lowest BCUT2D eigenvalue weighted by molar-refractivity contribution is 0.179. The van der Waals surface area contributed by atoms with Gasteiger partial charge in [0.1, 0.15) is 0 Å². The summed E-state index contributed by atoms with van der Waals surface area (Å²) < 4.78 is 5.35. The van der Waals surface area contributed by atoms with E-state index in [4.69, 9.17) is 4.74 Å². The molecule has 2 aliphatic rings. The summed E-state index contributed by atoms with van der Waals surface area (Å²) in [5.74, 6) is 0.560. The predicted molar refractivity (Wildman–Crippen MR) is 40.0 cm³/mol. The summed E-state index contributed by atoms with van der Waals surface area (Å²) in [5, 5.41) is 0. The van der Waals surface area contributed by atoms with Gasteiger partial charge in [0.15, 0.2) is 0 Å². The van der Waals surface area contributed by atoms with Crippen LogP contribution in [0.2, 0.25) is 0 Å². The Kier molecular flexibility index (Phi) is 1.17. The molecule has 0 bridgehead atoms. The first-order valence-corrected chi connectivity index (χ1v) is 3.60. The van der Waals surface area contributed by atoms with Crippen LogP contribution < -0.4 is 0 Å². The maximum atomic E-state index is 5.35. The van der Waals surface area contributed by atoms with Crippen molar-refractivity contribution < 1.29 is 4.74 Å². The monoisotopic (exact) mass is 137 g/mol. The first kappa shape index (κ1) is 6.10. The summed E-state index contributed by atoms with van der Waals surface area (Å²) in [7, 11) is 0. The van der Waals surface area contributed by atoms with E-state index in [1.807, 2.05) is 12.4 Å². The average molecular weight is 137 g/mol. The smallest absolute Gasteiger partial charge is 0.0576 e. The molecule has 0 aromatic rings. The van der Waals surface area contributed by atoms with Gasteiger partial charge in [-0.15, -0.1) is 0 Å². The van der Waals surface area contributed by atoms with E-state index in [2.05, 4.69) is 18.0 Å². The number of fused-ring (bicyclic) bond motifs is 1. The normalized spacial score (nSPS) is 43.9. The zero-order valence-electron chi connectivity index (χ0n) is 6.08. The minimum atomic E-state index is 0.189. The minimum absolute atomic E-state index is 0.189. The lowest BCUT2D eigenvalue weighted by Crippen LogP contribution is -2.27. The summed E-state index contributed by atoms with van der Waals surface area (Å²) in [4.78, 5) is 4.11. The summed E-state index contributed by atoms with van der Waals surface area (Å²) in [5.41, 5.74) is 0.189. The lowest BCUT2D eigenvalue weighted by atomic mass is 9.80. The van der Waals surface area contributed by atoms with Crippen LogP contribution in [-0.4, -0.2) is 19.4 Å². The van der Waals surface area contributed by atoms with E-state index in [0.717, 1.165) is 13.2 Å². The second-order valence-corrected chi connectivity index (χ2v) is 3.25. The third-order valence-electron chi connectivity index (χ3n) is 2.33. The molecule has 2 rings (SSSR count). The van der Waals surface area contributed by atoms with Gasteiger partial charge in [-0.2, -0.15) is 0 Å². The first-order valence-electron chi connectivity index (χ1n) is 3.60. The highest BCUT2D eigenvalue weighted by Gasteiger charge is 2.37. The molecule has 0 saturated carbocycles. The van der Waals surface area contributed by atoms with Gasteiger partial charge in [-0.3, -0.25) is 4.99 Å². The molecule has 54 valence electrons. The van der Waals surface area contributed by atoms with Gasteiger partial charge in [-0.25, -0.2) is 0 Å². The van der Waals surface area contributed by atoms with Crippen molar-refractivity contribution in [2.45, 2.75) is 6.92 Å². The van der Waals surface area contributed by atoms with Crippen LogP contribution in [0, 0.1) is 11.3 Å². The molecule has 10 heavy (non-hydrogen) atoms. The lowest BCUT2D eigenvalue weighted by Gasteiger charge is -2.23. The highest BCUT2D eigenvalue weighted by atomic mass is 16.5. The van der Waals surface area contributed by atoms with E-state index in [9.17, 15) is 0 Å². The maximum Gasteiger partial charge on any atom is 0.0576 e. The van der Waals surface area contributed by atoms with Crippen LogP contribution in [0.1, 0.15) is 6.92 Å². The van der Waals surface area contributed by atoms with Crippen LogP contribution in [0.5, 0.6) is 0 Å². The molecule has 0 aliphatic carbocycles. The Hall–Kier alpha value is -0.630. The van der Waals surface area contributed by atoms with Gasteiger partial charge >= 0.3 is 0 Å². The molecule has 2 nitrogen and oxygen atoms in total. The fraction of sp³-hybridized carbons (Fsp3) is 0.625. The number of ether oxygens (including phenoxy) is 1. The highest BCUT2D eigenvalue weighted by molar-refractivity contribution is 5.68. The van der Waals surface area contributed by atoms with Crippen molar-refractivity contribution >= 4 is 6.21 Å². The molecule has 0 aromatic heterocycles. The van der Waals surface area contributed by atoms with Crippen molar-refractivity contribution in [2.75, 3.05) is 13.2 Å². The van der Waals surface area contributed by atoms with Gasteiger partial charge in [0.2, 0.25) is 0 Å². The third-order valence-corrected chi connectivity index (χ3v) is 2.33. The van der Waals surface area contributed by atoms with Crippen molar-refractivity contribution in [1.82, 2.24) is 0 Å². The molecule has 1 saturated heterocycles. The van der Waals surface area contributed by atoms with E-state index in [1.165, 1.54) is 0 Å². The second-order valence-electron chi connectivity index (χ2n) is 3.25. The fourth-order valence-corrected chi connectivity index (χ4v) is 1.48. The molecule has 2 unspecified atom stereocenters. The Morgan fingerprint density at radius 3 is 3.40 bits per heavy atom. The number of aliphatic imine (C=N–C) groups is 1. The number of hydrogen-bond acceptors (Lipinski definition) is 2. The van der Waals surface area contributed by atoms with Crippen LogP contribution >= 0.6 is 0 Å². The van der Waals surface area contributed by atoms with E-state index >= 15 is 0 Å². The van der Waals surface area contributed by atoms with E-state index in [1.54, 1.807) is 0 Å². The van der Waals surface area contributed by atoms with Gasteiger partial charge in [-0.1, -0.05) is 13.0 Å². The molecule has 0 radical (unpaired) electrons. The molecule has 0 amide bonds. The van der Waals surface area contributed by atoms with Crippen molar-refractivity contribution in [2.24, 2.45) is 16.3 Å². The Bertz CT molecular complexity index is 197. The molecule has 2 atom stereocenters. The van der Waals surface area contributed by atoms with Crippen molar-refractivity contribution in [3.05, 3.63) is 12.3 Å². The van der Waals surface area contributed by atoms with E-state index in [0.29, 0.717) is 5.92 Å². The summed E-state index contributed by atoms with van der Waals surface area (Å²) in [6.45, 7) is 3.88. The molecule has 2 aliphatic heterocycles. The van der Waals surface area contributed by atoms with E-state index < -0.39 is 0 Å². The first-order chi connectivity index (χ1) is 4.81. The zero-order chi connectivity index (χ0) is 7.03. The topological polar surface area (TPSA) is 21.6 Å². The standard InChI is InChI=1S/C8H11NO/c1-8-5-9-3-2-7(8)4-10-6-8/h2-3,5,7H,4,6H2,1H3. The molecular weight excluding hydrogens is 126 g/mol. The number of rotatable bonds is 0. The number of hydrogen-bond donors (Lipinski definition) is 0. The second kappa shape index (κ2) is 1.92. The average Bonchev–Trinajstić information content (AvgIpc) is 2.29. The largest absolute Gasteiger partial charge is 0.380 e. The molecule has 0 N–H and O–H groups in total. The molecule has 0 spiro atoms. The quantitative estimate of drug-likeness (QED) is 0.492. The molecule has 1 fully saturated rings. The van der Waals surface area contributed by atoms with Crippen LogP contribution in [0.25, 0.3) is 0 Å². The third kappa shape index (κ3) is 0.721. The molecule has 0 aromatic carbocycles. The van der Waals surface area contributed by atoms with Crippen LogP contribution in [-0.2, 0) is 4.74 Å². The Labute approximate surface area is 60.6 Å². The zero-order valence-corrected chi connectivity index (χ0v) is 6.08. The van der Waals surface area contributed by atoms with Gasteiger partial charge in [0.05, 0.1) is 13.2 Å². The van der Waals surface area contributed by atoms with Crippen LogP contribution in [0.4, 0.5) is 0 Å². The summed E-state index contributed by atoms with van der Waals surface area (Å²) >= 11 is 0.